The number of ether oxygens (including phenoxy) is 1. The van der Waals surface area contributed by atoms with Gasteiger partial charge in [-0.15, -0.1) is 0 Å². The average molecular weight is 441 g/mol. The van der Waals surface area contributed by atoms with Gasteiger partial charge in [-0.1, -0.05) is 0 Å². The zero-order valence-corrected chi connectivity index (χ0v) is 18.9. The number of likely N-dealkylation sites (N-methyl/N-ethyl adjacent to an activating group) is 1. The predicted octanol–water partition coefficient (Wildman–Crippen LogP) is 2.06. The maximum absolute atomic E-state index is 11.8. The Balaban J connectivity index is 1.73. The van der Waals surface area contributed by atoms with Crippen LogP contribution in [0, 0.1) is 6.92 Å². The summed E-state index contributed by atoms with van der Waals surface area (Å²) in [7, 11) is 3.86. The van der Waals surface area contributed by atoms with Crippen LogP contribution in [0.5, 0.6) is 5.88 Å². The van der Waals surface area contributed by atoms with Crippen molar-refractivity contribution in [3.8, 4) is 17.3 Å². The van der Waals surface area contributed by atoms with Crippen molar-refractivity contribution in [3.63, 3.8) is 0 Å². The van der Waals surface area contributed by atoms with Crippen molar-refractivity contribution in [1.82, 2.24) is 39.3 Å². The van der Waals surface area contributed by atoms with Gasteiger partial charge in [0, 0.05) is 37.9 Å². The molecular formula is C21H28N8O3. The lowest BCUT2D eigenvalue weighted by Gasteiger charge is -2.34. The van der Waals surface area contributed by atoms with Gasteiger partial charge in [-0.3, -0.25) is 4.90 Å². The molecule has 3 atom stereocenters. The largest absolute Gasteiger partial charge is 0.470 e. The third-order valence-electron chi connectivity index (χ3n) is 6.07. The molecule has 1 aliphatic rings. The molecule has 0 saturated carbocycles. The highest BCUT2D eigenvalue weighted by Crippen LogP contribution is 2.31. The Hall–Kier alpha value is -3.34. The van der Waals surface area contributed by atoms with E-state index in [0.717, 1.165) is 5.56 Å². The van der Waals surface area contributed by atoms with Gasteiger partial charge in [-0.25, -0.2) is 24.7 Å². The van der Waals surface area contributed by atoms with E-state index in [1.807, 2.05) is 44.3 Å². The van der Waals surface area contributed by atoms with Gasteiger partial charge in [0.2, 0.25) is 5.88 Å². The van der Waals surface area contributed by atoms with Gasteiger partial charge in [0.15, 0.2) is 11.2 Å². The van der Waals surface area contributed by atoms with Crippen molar-refractivity contribution in [2.24, 2.45) is 0 Å². The van der Waals surface area contributed by atoms with Crippen LogP contribution in [-0.2, 0) is 6.54 Å². The molecule has 3 aromatic rings. The van der Waals surface area contributed by atoms with E-state index in [0.29, 0.717) is 48.2 Å². The summed E-state index contributed by atoms with van der Waals surface area (Å²) in [5.74, 6) is 1.72. The van der Waals surface area contributed by atoms with E-state index >= 15 is 0 Å². The molecule has 1 amide bonds. The molecule has 0 radical (unpaired) electrons. The van der Waals surface area contributed by atoms with Crippen LogP contribution >= 0.6 is 0 Å². The molecule has 11 heteroatoms. The zero-order valence-electron chi connectivity index (χ0n) is 18.9. The van der Waals surface area contributed by atoms with Crippen LogP contribution in [-0.4, -0.2) is 89.3 Å². The highest BCUT2D eigenvalue weighted by atomic mass is 16.5. The fourth-order valence-electron chi connectivity index (χ4n) is 4.19. The molecule has 3 aromatic heterocycles. The number of amides is 1. The number of fused-ring (bicyclic) bond motifs is 1. The fraction of sp³-hybridized carbons (Fsp3) is 0.524. The van der Waals surface area contributed by atoms with Crippen LogP contribution in [0.1, 0.15) is 26.1 Å². The smallest absolute Gasteiger partial charge is 0.407 e. The van der Waals surface area contributed by atoms with Gasteiger partial charge in [0.25, 0.3) is 0 Å². The summed E-state index contributed by atoms with van der Waals surface area (Å²) >= 11 is 0. The Kier molecular flexibility index (Phi) is 5.92. The maximum Gasteiger partial charge on any atom is 0.407 e. The minimum absolute atomic E-state index is 0.0376. The van der Waals surface area contributed by atoms with E-state index in [2.05, 4.69) is 19.9 Å². The fourth-order valence-corrected chi connectivity index (χ4v) is 4.19. The first-order valence-electron chi connectivity index (χ1n) is 10.6. The van der Waals surface area contributed by atoms with E-state index in [1.165, 1.54) is 11.2 Å². The molecular weight excluding hydrogens is 412 g/mol. The van der Waals surface area contributed by atoms with Crippen LogP contribution in [0.15, 0.2) is 18.7 Å². The van der Waals surface area contributed by atoms with Crippen molar-refractivity contribution in [2.45, 2.75) is 51.9 Å². The summed E-state index contributed by atoms with van der Waals surface area (Å²) in [6, 6.07) is -0.366. The Morgan fingerprint density at radius 1 is 1.28 bits per heavy atom. The number of carboxylic acid groups (broad SMARTS) is 1. The highest BCUT2D eigenvalue weighted by molar-refractivity contribution is 5.81. The number of likely N-dealkylation sites (tertiary alicyclic amines) is 1. The number of nitrogens with zero attached hydrogens (tertiary/aromatic N) is 8. The summed E-state index contributed by atoms with van der Waals surface area (Å²) in [6.07, 6.45) is 4.21. The Bertz CT molecular complexity index is 1110. The molecule has 1 fully saturated rings. The maximum atomic E-state index is 11.8. The first-order chi connectivity index (χ1) is 15.3. The quantitative estimate of drug-likeness (QED) is 0.613. The van der Waals surface area contributed by atoms with E-state index < -0.39 is 6.09 Å². The van der Waals surface area contributed by atoms with Crippen LogP contribution in [0.2, 0.25) is 0 Å². The molecule has 4 rings (SSSR count). The second kappa shape index (κ2) is 8.65. The standard InChI is InChI=1S/C21H28N8O3/c1-6-28-18(14-9-22-13(3)23-10-14)26-16-19(28)24-11-25-20(16)32-15-7-8-29(21(30)31)17(15)12(2)27(4)5/h9-12,15,17H,6-8H2,1-5H3,(H,30,31). The number of hydrogen-bond donors (Lipinski definition) is 1. The molecule has 170 valence electrons. The number of aromatic nitrogens is 6. The number of carbonyl (C=O) groups is 1. The molecule has 1 saturated heterocycles. The Morgan fingerprint density at radius 3 is 2.62 bits per heavy atom. The summed E-state index contributed by atoms with van der Waals surface area (Å²) in [5.41, 5.74) is 1.96. The Labute approximate surface area is 186 Å². The second-order valence-electron chi connectivity index (χ2n) is 8.17. The number of rotatable bonds is 6. The first kappa shape index (κ1) is 21.9. The Morgan fingerprint density at radius 2 is 2.00 bits per heavy atom. The molecule has 0 aliphatic carbocycles. The summed E-state index contributed by atoms with van der Waals surface area (Å²) in [6.45, 7) is 6.90. The van der Waals surface area contributed by atoms with Gasteiger partial charge >= 0.3 is 6.09 Å². The number of aryl methyl sites for hydroxylation is 2. The molecule has 4 heterocycles. The number of imidazole rings is 1. The molecule has 1 aliphatic heterocycles. The van der Waals surface area contributed by atoms with Crippen LogP contribution in [0.25, 0.3) is 22.6 Å². The van der Waals surface area contributed by atoms with Crippen LogP contribution < -0.4 is 4.74 Å². The summed E-state index contributed by atoms with van der Waals surface area (Å²) in [5, 5.41) is 9.69. The van der Waals surface area contributed by atoms with E-state index in [-0.39, 0.29) is 18.2 Å². The number of hydrogen-bond acceptors (Lipinski definition) is 8. The van der Waals surface area contributed by atoms with Gasteiger partial charge in [0.05, 0.1) is 11.6 Å². The van der Waals surface area contributed by atoms with Crippen molar-refractivity contribution in [2.75, 3.05) is 20.6 Å². The minimum atomic E-state index is -0.945. The minimum Gasteiger partial charge on any atom is -0.470 e. The molecule has 1 N–H and O–H groups in total. The molecule has 0 aromatic carbocycles. The van der Waals surface area contributed by atoms with Gasteiger partial charge in [-0.05, 0) is 34.9 Å². The molecule has 11 nitrogen and oxygen atoms in total. The monoisotopic (exact) mass is 440 g/mol. The summed E-state index contributed by atoms with van der Waals surface area (Å²) < 4.78 is 8.30. The van der Waals surface area contributed by atoms with Crippen molar-refractivity contribution < 1.29 is 14.6 Å². The predicted molar refractivity (Wildman–Crippen MR) is 117 cm³/mol. The molecule has 0 spiro atoms. The van der Waals surface area contributed by atoms with Gasteiger partial charge < -0.3 is 19.3 Å². The molecule has 3 unspecified atom stereocenters. The molecule has 32 heavy (non-hydrogen) atoms. The van der Waals surface area contributed by atoms with E-state index in [9.17, 15) is 9.90 Å². The lowest BCUT2D eigenvalue weighted by atomic mass is 10.0. The van der Waals surface area contributed by atoms with Crippen molar-refractivity contribution >= 4 is 17.3 Å². The SMILES string of the molecule is CCn1c(-c2cnc(C)nc2)nc2c(OC3CCN(C(=O)O)C3C(C)N(C)C)ncnc21. The topological polar surface area (TPSA) is 122 Å². The zero-order chi connectivity index (χ0) is 23.0. The van der Waals surface area contributed by atoms with Crippen LogP contribution in [0.4, 0.5) is 4.79 Å². The van der Waals surface area contributed by atoms with Crippen molar-refractivity contribution in [3.05, 3.63) is 24.5 Å². The van der Waals surface area contributed by atoms with Gasteiger partial charge in [0.1, 0.15) is 24.1 Å². The van der Waals surface area contributed by atoms with Gasteiger partial charge in [-0.2, -0.15) is 4.98 Å². The highest BCUT2D eigenvalue weighted by Gasteiger charge is 2.43. The normalized spacial score (nSPS) is 19.6. The lowest BCUT2D eigenvalue weighted by Crippen LogP contribution is -2.52. The lowest BCUT2D eigenvalue weighted by molar-refractivity contribution is 0.0704. The first-order valence-corrected chi connectivity index (χ1v) is 10.6. The van der Waals surface area contributed by atoms with E-state index in [4.69, 9.17) is 9.72 Å². The summed E-state index contributed by atoms with van der Waals surface area (Å²) in [4.78, 5) is 37.4. The third kappa shape index (κ3) is 3.83. The average Bonchev–Trinajstić information content (AvgIpc) is 3.35. The van der Waals surface area contributed by atoms with E-state index in [1.54, 1.807) is 12.4 Å². The van der Waals surface area contributed by atoms with Crippen molar-refractivity contribution in [1.29, 1.82) is 0 Å². The molecule has 0 bridgehead atoms. The van der Waals surface area contributed by atoms with Crippen LogP contribution in [0.3, 0.4) is 0 Å². The third-order valence-corrected chi connectivity index (χ3v) is 6.07. The second-order valence-corrected chi connectivity index (χ2v) is 8.17.